The number of benzene rings is 2. The van der Waals surface area contributed by atoms with Crippen molar-refractivity contribution in [2.24, 2.45) is 5.92 Å². The van der Waals surface area contributed by atoms with Gasteiger partial charge < -0.3 is 15.0 Å². The van der Waals surface area contributed by atoms with Crippen LogP contribution in [0.15, 0.2) is 54.6 Å². The van der Waals surface area contributed by atoms with Crippen molar-refractivity contribution in [2.75, 3.05) is 13.1 Å². The van der Waals surface area contributed by atoms with Gasteiger partial charge in [0.2, 0.25) is 11.8 Å². The summed E-state index contributed by atoms with van der Waals surface area (Å²) in [6.07, 6.45) is 9.15. The van der Waals surface area contributed by atoms with Crippen molar-refractivity contribution in [3.63, 3.8) is 0 Å². The van der Waals surface area contributed by atoms with E-state index < -0.39 is 0 Å². The number of carbonyl (C=O) groups is 2. The Bertz CT molecular complexity index is 900. The van der Waals surface area contributed by atoms with E-state index in [9.17, 15) is 9.59 Å². The van der Waals surface area contributed by atoms with Gasteiger partial charge in [0.15, 0.2) is 0 Å². The van der Waals surface area contributed by atoms with Crippen LogP contribution in [0.5, 0.6) is 5.75 Å². The highest BCUT2D eigenvalue weighted by Crippen LogP contribution is 2.24. The summed E-state index contributed by atoms with van der Waals surface area (Å²) < 4.78 is 6.15. The molecule has 1 aliphatic heterocycles. The molecule has 1 saturated carbocycles. The lowest BCUT2D eigenvalue weighted by molar-refractivity contribution is -0.135. The molecule has 1 N–H and O–H groups in total. The second-order valence-corrected chi connectivity index (χ2v) is 9.38. The first-order chi connectivity index (χ1) is 16.2. The normalized spacial score (nSPS) is 17.5. The molecule has 2 aromatic carbocycles. The molecule has 176 valence electrons. The van der Waals surface area contributed by atoms with Crippen LogP contribution in [-0.4, -0.2) is 35.9 Å². The summed E-state index contributed by atoms with van der Waals surface area (Å²) >= 11 is 0. The molecule has 1 saturated heterocycles. The number of ether oxygens (including phenoxy) is 1. The van der Waals surface area contributed by atoms with Gasteiger partial charge in [0.05, 0.1) is 6.10 Å². The van der Waals surface area contributed by atoms with Crippen LogP contribution in [0.4, 0.5) is 0 Å². The molecule has 0 radical (unpaired) electrons. The van der Waals surface area contributed by atoms with Gasteiger partial charge in [0, 0.05) is 32.0 Å². The molecule has 0 aromatic heterocycles. The highest BCUT2D eigenvalue weighted by Gasteiger charge is 2.27. The monoisotopic (exact) mass is 448 g/mol. The lowest BCUT2D eigenvalue weighted by Crippen LogP contribution is -2.43. The molecule has 0 spiro atoms. The van der Waals surface area contributed by atoms with E-state index in [-0.39, 0.29) is 17.7 Å². The number of nitrogens with one attached hydrogen (secondary N) is 1. The standard InChI is InChI=1S/C28H36N2O3/c31-27(15-14-22-8-3-1-4-9-22)30-18-16-24(17-19-30)28(32)29-21-23-10-7-13-26(20-23)33-25-11-5-2-6-12-25/h1,3-4,7-10,13,20,24-25H,2,5-6,11-12,14-19,21H2,(H,29,32). The zero-order valence-electron chi connectivity index (χ0n) is 19.5. The lowest BCUT2D eigenvalue weighted by Gasteiger charge is -2.31. The Morgan fingerprint density at radius 3 is 2.36 bits per heavy atom. The van der Waals surface area contributed by atoms with Crippen LogP contribution < -0.4 is 10.1 Å². The molecule has 0 unspecified atom stereocenters. The van der Waals surface area contributed by atoms with Gasteiger partial charge in [-0.1, -0.05) is 48.9 Å². The molecule has 5 heteroatoms. The summed E-state index contributed by atoms with van der Waals surface area (Å²) in [7, 11) is 0. The molecule has 5 nitrogen and oxygen atoms in total. The zero-order valence-corrected chi connectivity index (χ0v) is 19.5. The van der Waals surface area contributed by atoms with Crippen LogP contribution in [0, 0.1) is 5.92 Å². The molecule has 2 amide bonds. The van der Waals surface area contributed by atoms with E-state index in [2.05, 4.69) is 17.4 Å². The first-order valence-electron chi connectivity index (χ1n) is 12.5. The minimum Gasteiger partial charge on any atom is -0.490 e. The second kappa shape index (κ2) is 11.9. The van der Waals surface area contributed by atoms with Crippen LogP contribution in [0.3, 0.4) is 0 Å². The van der Waals surface area contributed by atoms with Gasteiger partial charge in [0.1, 0.15) is 5.75 Å². The third-order valence-electron chi connectivity index (χ3n) is 6.91. The van der Waals surface area contributed by atoms with E-state index in [0.29, 0.717) is 32.2 Å². The minimum atomic E-state index is -0.0233. The first-order valence-corrected chi connectivity index (χ1v) is 12.5. The van der Waals surface area contributed by atoms with Crippen molar-refractivity contribution >= 4 is 11.8 Å². The summed E-state index contributed by atoms with van der Waals surface area (Å²) in [4.78, 5) is 27.2. The molecular weight excluding hydrogens is 412 g/mol. The molecule has 4 rings (SSSR count). The van der Waals surface area contributed by atoms with Gasteiger partial charge in [-0.2, -0.15) is 0 Å². The highest BCUT2D eigenvalue weighted by molar-refractivity contribution is 5.80. The van der Waals surface area contributed by atoms with Crippen molar-refractivity contribution in [1.29, 1.82) is 0 Å². The van der Waals surface area contributed by atoms with Crippen LogP contribution in [0.1, 0.15) is 62.5 Å². The summed E-state index contributed by atoms with van der Waals surface area (Å²) in [5.41, 5.74) is 2.25. The lowest BCUT2D eigenvalue weighted by atomic mass is 9.95. The van der Waals surface area contributed by atoms with Crippen molar-refractivity contribution in [3.8, 4) is 5.75 Å². The zero-order chi connectivity index (χ0) is 22.9. The molecule has 1 aliphatic carbocycles. The summed E-state index contributed by atoms with van der Waals surface area (Å²) in [6, 6.07) is 18.2. The Morgan fingerprint density at radius 2 is 1.61 bits per heavy atom. The average molecular weight is 449 g/mol. The van der Waals surface area contributed by atoms with Crippen LogP contribution >= 0.6 is 0 Å². The second-order valence-electron chi connectivity index (χ2n) is 9.38. The molecule has 2 aromatic rings. The van der Waals surface area contributed by atoms with Crippen molar-refractivity contribution in [2.45, 2.75) is 70.4 Å². The summed E-state index contributed by atoms with van der Waals surface area (Å²) in [5.74, 6) is 1.15. The predicted octanol–water partition coefficient (Wildman–Crippen LogP) is 4.89. The molecule has 33 heavy (non-hydrogen) atoms. The Balaban J connectivity index is 1.18. The fraction of sp³-hybridized carbons (Fsp3) is 0.500. The van der Waals surface area contributed by atoms with Gasteiger partial charge in [-0.15, -0.1) is 0 Å². The summed E-state index contributed by atoms with van der Waals surface area (Å²) in [6.45, 7) is 1.84. The van der Waals surface area contributed by atoms with Crippen LogP contribution in [-0.2, 0) is 22.6 Å². The number of piperidine rings is 1. The fourth-order valence-corrected chi connectivity index (χ4v) is 4.88. The van der Waals surface area contributed by atoms with Crippen molar-refractivity contribution in [3.05, 3.63) is 65.7 Å². The van der Waals surface area contributed by atoms with Gasteiger partial charge in [-0.05, 0) is 68.2 Å². The topological polar surface area (TPSA) is 58.6 Å². The quantitative estimate of drug-likeness (QED) is 0.626. The third-order valence-corrected chi connectivity index (χ3v) is 6.91. The molecule has 2 aliphatic rings. The van der Waals surface area contributed by atoms with E-state index in [4.69, 9.17) is 4.74 Å². The van der Waals surface area contributed by atoms with Gasteiger partial charge >= 0.3 is 0 Å². The number of amides is 2. The maximum atomic E-state index is 12.7. The number of nitrogens with zero attached hydrogens (tertiary/aromatic N) is 1. The number of rotatable bonds is 8. The largest absolute Gasteiger partial charge is 0.490 e. The van der Waals surface area contributed by atoms with Gasteiger partial charge in [-0.25, -0.2) is 0 Å². The van der Waals surface area contributed by atoms with E-state index in [0.717, 1.165) is 43.4 Å². The Kier molecular flexibility index (Phi) is 8.40. The van der Waals surface area contributed by atoms with Gasteiger partial charge in [-0.3, -0.25) is 9.59 Å². The highest BCUT2D eigenvalue weighted by atomic mass is 16.5. The smallest absolute Gasteiger partial charge is 0.223 e. The van der Waals surface area contributed by atoms with Gasteiger partial charge in [0.25, 0.3) is 0 Å². The number of likely N-dealkylation sites (tertiary alicyclic amines) is 1. The van der Waals surface area contributed by atoms with Crippen molar-refractivity contribution < 1.29 is 14.3 Å². The van der Waals surface area contributed by atoms with E-state index in [1.165, 1.54) is 24.8 Å². The molecule has 0 atom stereocenters. The van der Waals surface area contributed by atoms with Crippen LogP contribution in [0.2, 0.25) is 0 Å². The molecule has 2 fully saturated rings. The number of hydrogen-bond donors (Lipinski definition) is 1. The first kappa shape index (κ1) is 23.3. The fourth-order valence-electron chi connectivity index (χ4n) is 4.88. The molecule has 1 heterocycles. The van der Waals surface area contributed by atoms with Crippen molar-refractivity contribution in [1.82, 2.24) is 10.2 Å². The minimum absolute atomic E-state index is 0.0233. The maximum Gasteiger partial charge on any atom is 0.223 e. The SMILES string of the molecule is O=C(NCc1cccc(OC2CCCCC2)c1)C1CCN(C(=O)CCc2ccccc2)CC1. The number of hydrogen-bond acceptors (Lipinski definition) is 3. The summed E-state index contributed by atoms with van der Waals surface area (Å²) in [5, 5.41) is 3.09. The Labute approximate surface area is 197 Å². The average Bonchev–Trinajstić information content (AvgIpc) is 2.87. The van der Waals surface area contributed by atoms with E-state index >= 15 is 0 Å². The molecular formula is C28H36N2O3. The predicted molar refractivity (Wildman–Crippen MR) is 130 cm³/mol. The van der Waals surface area contributed by atoms with Crippen LogP contribution in [0.25, 0.3) is 0 Å². The van der Waals surface area contributed by atoms with E-state index in [1.54, 1.807) is 0 Å². The third kappa shape index (κ3) is 7.08. The Hall–Kier alpha value is -2.82. The maximum absolute atomic E-state index is 12.7. The molecule has 0 bridgehead atoms. The number of carbonyl (C=O) groups excluding carboxylic acids is 2. The Morgan fingerprint density at radius 1 is 0.879 bits per heavy atom. The van der Waals surface area contributed by atoms with E-state index in [1.807, 2.05) is 47.4 Å². The number of aryl methyl sites for hydroxylation is 1.